The van der Waals surface area contributed by atoms with Crippen molar-refractivity contribution in [2.75, 3.05) is 5.32 Å². The third-order valence-electron chi connectivity index (χ3n) is 2.57. The zero-order valence-corrected chi connectivity index (χ0v) is 11.1. The van der Waals surface area contributed by atoms with Crippen LogP contribution in [0.25, 0.3) is 0 Å². The van der Waals surface area contributed by atoms with E-state index >= 15 is 0 Å². The van der Waals surface area contributed by atoms with Gasteiger partial charge in [-0.25, -0.2) is 4.39 Å². The minimum atomic E-state index is -0.215. The monoisotopic (exact) mass is 293 g/mol. The molecule has 3 heteroatoms. The third kappa shape index (κ3) is 3.30. The molecule has 1 nitrogen and oxygen atoms in total. The summed E-state index contributed by atoms with van der Waals surface area (Å²) in [6, 6.07) is 12.8. The molecule has 0 aliphatic heterocycles. The predicted molar refractivity (Wildman–Crippen MR) is 72.6 cm³/mol. The molecule has 0 bridgehead atoms. The highest BCUT2D eigenvalue weighted by Crippen LogP contribution is 2.18. The van der Waals surface area contributed by atoms with Crippen LogP contribution in [0.3, 0.4) is 0 Å². The molecule has 0 amide bonds. The average molecular weight is 294 g/mol. The lowest BCUT2D eigenvalue weighted by molar-refractivity contribution is 0.628. The first kappa shape index (κ1) is 12.1. The standard InChI is InChI=1S/C14H13BrFN/c1-10-5-6-13(16)8-14(10)17-9-11-3-2-4-12(15)7-11/h2-8,17H,9H2,1H3. The summed E-state index contributed by atoms with van der Waals surface area (Å²) in [6.45, 7) is 2.65. The lowest BCUT2D eigenvalue weighted by Crippen LogP contribution is -2.01. The van der Waals surface area contributed by atoms with Gasteiger partial charge in [-0.2, -0.15) is 0 Å². The van der Waals surface area contributed by atoms with E-state index in [1.54, 1.807) is 6.07 Å². The maximum atomic E-state index is 13.1. The Balaban J connectivity index is 2.09. The first-order valence-electron chi connectivity index (χ1n) is 5.39. The Morgan fingerprint density at radius 1 is 1.18 bits per heavy atom. The molecule has 0 aliphatic rings. The molecule has 0 spiro atoms. The van der Waals surface area contributed by atoms with Gasteiger partial charge < -0.3 is 5.32 Å². The number of rotatable bonds is 3. The zero-order valence-electron chi connectivity index (χ0n) is 9.50. The Bertz CT molecular complexity index is 525. The van der Waals surface area contributed by atoms with Crippen molar-refractivity contribution in [2.24, 2.45) is 0 Å². The topological polar surface area (TPSA) is 12.0 Å². The van der Waals surface area contributed by atoms with Crippen molar-refractivity contribution in [3.63, 3.8) is 0 Å². The van der Waals surface area contributed by atoms with E-state index in [9.17, 15) is 4.39 Å². The molecule has 0 saturated heterocycles. The number of anilines is 1. The van der Waals surface area contributed by atoms with Crippen LogP contribution in [0.4, 0.5) is 10.1 Å². The van der Waals surface area contributed by atoms with Crippen molar-refractivity contribution in [1.29, 1.82) is 0 Å². The summed E-state index contributed by atoms with van der Waals surface area (Å²) >= 11 is 3.43. The normalized spacial score (nSPS) is 10.3. The van der Waals surface area contributed by atoms with Crippen LogP contribution in [0, 0.1) is 12.7 Å². The second-order valence-corrected chi connectivity index (χ2v) is 4.86. The van der Waals surface area contributed by atoms with E-state index in [-0.39, 0.29) is 5.82 Å². The van der Waals surface area contributed by atoms with Gasteiger partial charge in [-0.05, 0) is 42.3 Å². The van der Waals surface area contributed by atoms with E-state index in [2.05, 4.69) is 21.2 Å². The molecule has 2 rings (SSSR count). The van der Waals surface area contributed by atoms with Gasteiger partial charge in [0.05, 0.1) is 0 Å². The van der Waals surface area contributed by atoms with Crippen LogP contribution in [-0.2, 0) is 6.54 Å². The van der Waals surface area contributed by atoms with Gasteiger partial charge in [-0.15, -0.1) is 0 Å². The molecule has 0 saturated carbocycles. The van der Waals surface area contributed by atoms with Crippen LogP contribution in [0.5, 0.6) is 0 Å². The van der Waals surface area contributed by atoms with Crippen LogP contribution in [0.2, 0.25) is 0 Å². The number of benzene rings is 2. The van der Waals surface area contributed by atoms with Gasteiger partial charge in [0.2, 0.25) is 0 Å². The van der Waals surface area contributed by atoms with Gasteiger partial charge in [0, 0.05) is 16.7 Å². The smallest absolute Gasteiger partial charge is 0.125 e. The van der Waals surface area contributed by atoms with E-state index in [4.69, 9.17) is 0 Å². The number of nitrogens with one attached hydrogen (secondary N) is 1. The Kier molecular flexibility index (Phi) is 3.79. The van der Waals surface area contributed by atoms with Crippen LogP contribution >= 0.6 is 15.9 Å². The summed E-state index contributed by atoms with van der Waals surface area (Å²) in [6.07, 6.45) is 0. The quantitative estimate of drug-likeness (QED) is 0.878. The fourth-order valence-corrected chi connectivity index (χ4v) is 2.08. The van der Waals surface area contributed by atoms with Crippen LogP contribution in [0.15, 0.2) is 46.9 Å². The summed E-state index contributed by atoms with van der Waals surface area (Å²) in [5.41, 5.74) is 3.04. The van der Waals surface area contributed by atoms with Gasteiger partial charge in [0.15, 0.2) is 0 Å². The molecule has 0 unspecified atom stereocenters. The lowest BCUT2D eigenvalue weighted by Gasteiger charge is -2.09. The highest BCUT2D eigenvalue weighted by Gasteiger charge is 2.00. The van der Waals surface area contributed by atoms with Crippen molar-refractivity contribution in [3.8, 4) is 0 Å². The Morgan fingerprint density at radius 3 is 2.76 bits per heavy atom. The molecular formula is C14H13BrFN. The molecule has 0 fully saturated rings. The molecule has 2 aromatic carbocycles. The Labute approximate surface area is 109 Å². The predicted octanol–water partition coefficient (Wildman–Crippen LogP) is 4.51. The molecule has 0 aliphatic carbocycles. The van der Waals surface area contributed by atoms with Gasteiger partial charge >= 0.3 is 0 Å². The van der Waals surface area contributed by atoms with Gasteiger partial charge in [0.1, 0.15) is 5.82 Å². The molecule has 0 aromatic heterocycles. The maximum absolute atomic E-state index is 13.1. The number of hydrogen-bond donors (Lipinski definition) is 1. The Hall–Kier alpha value is -1.35. The van der Waals surface area contributed by atoms with E-state index in [1.807, 2.05) is 31.2 Å². The van der Waals surface area contributed by atoms with Crippen molar-refractivity contribution in [3.05, 3.63) is 63.9 Å². The molecule has 2 aromatic rings. The van der Waals surface area contributed by atoms with Crippen molar-refractivity contribution in [2.45, 2.75) is 13.5 Å². The minimum absolute atomic E-state index is 0.215. The van der Waals surface area contributed by atoms with Crippen molar-refractivity contribution >= 4 is 21.6 Å². The first-order valence-corrected chi connectivity index (χ1v) is 6.19. The summed E-state index contributed by atoms with van der Waals surface area (Å²) < 4.78 is 14.1. The van der Waals surface area contributed by atoms with Gasteiger partial charge in [0.25, 0.3) is 0 Å². The van der Waals surface area contributed by atoms with Crippen LogP contribution in [-0.4, -0.2) is 0 Å². The molecule has 0 heterocycles. The summed E-state index contributed by atoms with van der Waals surface area (Å²) in [5, 5.41) is 3.24. The van der Waals surface area contributed by atoms with E-state index in [0.717, 1.165) is 21.3 Å². The van der Waals surface area contributed by atoms with Crippen molar-refractivity contribution in [1.82, 2.24) is 0 Å². The first-order chi connectivity index (χ1) is 8.15. The fraction of sp³-hybridized carbons (Fsp3) is 0.143. The average Bonchev–Trinajstić information content (AvgIpc) is 2.30. The highest BCUT2D eigenvalue weighted by atomic mass is 79.9. The molecule has 17 heavy (non-hydrogen) atoms. The van der Waals surface area contributed by atoms with Crippen LogP contribution < -0.4 is 5.32 Å². The number of hydrogen-bond acceptors (Lipinski definition) is 1. The molecule has 88 valence electrons. The largest absolute Gasteiger partial charge is 0.381 e. The van der Waals surface area contributed by atoms with E-state index in [1.165, 1.54) is 12.1 Å². The number of aryl methyl sites for hydroxylation is 1. The minimum Gasteiger partial charge on any atom is -0.381 e. The van der Waals surface area contributed by atoms with E-state index in [0.29, 0.717) is 6.54 Å². The third-order valence-corrected chi connectivity index (χ3v) is 3.06. The van der Waals surface area contributed by atoms with Gasteiger partial charge in [-0.1, -0.05) is 34.1 Å². The molecular weight excluding hydrogens is 281 g/mol. The summed E-state index contributed by atoms with van der Waals surface area (Å²) in [5.74, 6) is -0.215. The zero-order chi connectivity index (χ0) is 12.3. The fourth-order valence-electron chi connectivity index (χ4n) is 1.63. The molecule has 0 radical (unpaired) electrons. The molecule has 1 N–H and O–H groups in total. The maximum Gasteiger partial charge on any atom is 0.125 e. The molecule has 0 atom stereocenters. The summed E-state index contributed by atoms with van der Waals surface area (Å²) in [7, 11) is 0. The second kappa shape index (κ2) is 5.32. The SMILES string of the molecule is Cc1ccc(F)cc1NCc1cccc(Br)c1. The second-order valence-electron chi connectivity index (χ2n) is 3.94. The number of halogens is 2. The van der Waals surface area contributed by atoms with E-state index < -0.39 is 0 Å². The summed E-state index contributed by atoms with van der Waals surface area (Å²) in [4.78, 5) is 0. The van der Waals surface area contributed by atoms with Gasteiger partial charge in [-0.3, -0.25) is 0 Å². The highest BCUT2D eigenvalue weighted by molar-refractivity contribution is 9.10. The van der Waals surface area contributed by atoms with Crippen LogP contribution in [0.1, 0.15) is 11.1 Å². The van der Waals surface area contributed by atoms with Crippen molar-refractivity contribution < 1.29 is 4.39 Å². The Morgan fingerprint density at radius 2 is 2.00 bits per heavy atom. The lowest BCUT2D eigenvalue weighted by atomic mass is 10.1.